The number of carbonyl (C=O) groups excluding carboxylic acids is 1. The van der Waals surface area contributed by atoms with Crippen LogP contribution in [0, 0.1) is 0 Å². The van der Waals surface area contributed by atoms with Gasteiger partial charge in [0.15, 0.2) is 0 Å². The van der Waals surface area contributed by atoms with E-state index in [1.165, 1.54) is 0 Å². The van der Waals surface area contributed by atoms with Crippen molar-refractivity contribution in [3.05, 3.63) is 0 Å². The van der Waals surface area contributed by atoms with Gasteiger partial charge in [-0.05, 0) is 6.42 Å². The van der Waals surface area contributed by atoms with Crippen molar-refractivity contribution in [3.8, 4) is 0 Å². The van der Waals surface area contributed by atoms with Crippen LogP contribution in [-0.4, -0.2) is 18.2 Å². The monoisotopic (exact) mass is 253 g/mol. The van der Waals surface area contributed by atoms with E-state index in [1.54, 1.807) is 34.6 Å². The van der Waals surface area contributed by atoms with Crippen molar-refractivity contribution in [2.24, 2.45) is 0 Å². The Balaban J connectivity index is -0.0000000606. The molecule has 0 unspecified atom stereocenters. The summed E-state index contributed by atoms with van der Waals surface area (Å²) in [5.41, 5.74) is 0. The van der Waals surface area contributed by atoms with Crippen molar-refractivity contribution < 1.29 is 41.8 Å². The quantitative estimate of drug-likeness (QED) is 0.593. The van der Waals surface area contributed by atoms with E-state index in [9.17, 15) is 20.1 Å². The third-order valence-corrected chi connectivity index (χ3v) is 0.454. The number of hydrogen-bond acceptors (Lipinski definition) is 4. The number of hydrogen-bond donors (Lipinski definition) is 0. The third kappa shape index (κ3) is 214. The number of carboxylic acids is 1. The Morgan fingerprint density at radius 2 is 1.27 bits per heavy atom. The molecule has 0 heterocycles. The number of rotatable bonds is 2. The molecule has 0 rings (SSSR count). The van der Waals surface area contributed by atoms with Crippen LogP contribution in [0.15, 0.2) is 0 Å². The molecule has 1 radical (unpaired) electrons. The Morgan fingerprint density at radius 1 is 1.07 bits per heavy atom. The summed E-state index contributed by atoms with van der Waals surface area (Å²) < 4.78 is 0. The molecule has 0 amide bonds. The van der Waals surface area contributed by atoms with Gasteiger partial charge in [-0.15, -0.1) is 12.2 Å². The van der Waals surface area contributed by atoms with Gasteiger partial charge in [0.2, 0.25) is 0 Å². The van der Waals surface area contributed by atoms with Gasteiger partial charge in [0.25, 0.3) is 0 Å². The van der Waals surface area contributed by atoms with Crippen molar-refractivity contribution in [1.82, 2.24) is 0 Å². The van der Waals surface area contributed by atoms with E-state index >= 15 is 0 Å². The summed E-state index contributed by atoms with van der Waals surface area (Å²) in [6.07, 6.45) is 0.0162. The van der Waals surface area contributed by atoms with Gasteiger partial charge in [0.1, 0.15) is 0 Å². The fourth-order valence-corrected chi connectivity index (χ4v) is 0.204. The fourth-order valence-electron chi connectivity index (χ4n) is 0.204. The van der Waals surface area contributed by atoms with Crippen molar-refractivity contribution in [2.45, 2.75) is 59.7 Å². The summed E-state index contributed by atoms with van der Waals surface area (Å²) in [5.74, 6) is -0.961. The molecule has 0 aromatic rings. The van der Waals surface area contributed by atoms with E-state index in [4.69, 9.17) is 0 Å². The van der Waals surface area contributed by atoms with Crippen molar-refractivity contribution in [3.63, 3.8) is 0 Å². The molecule has 5 heteroatoms. The Hall–Kier alpha value is 0.104. The Bertz CT molecular complexity index is 104. The number of carbonyl (C=O) groups is 1. The van der Waals surface area contributed by atoms with Crippen LogP contribution in [0.25, 0.3) is 0 Å². The van der Waals surface area contributed by atoms with Crippen LogP contribution in [0.2, 0.25) is 0 Å². The Kier molecular flexibility index (Phi) is 31.9. The van der Waals surface area contributed by atoms with E-state index in [0.29, 0.717) is 6.42 Å². The second-order valence-electron chi connectivity index (χ2n) is 3.22. The normalized spacial score (nSPS) is 8.07. The maximum Gasteiger partial charge on any atom is 3.00 e. The molecule has 0 fully saturated rings. The van der Waals surface area contributed by atoms with E-state index in [0.717, 1.165) is 0 Å². The Morgan fingerprint density at radius 3 is 1.27 bits per heavy atom. The van der Waals surface area contributed by atoms with E-state index in [2.05, 4.69) is 0 Å². The first-order chi connectivity index (χ1) is 6.23. The smallest absolute Gasteiger partial charge is 0.852 e. The van der Waals surface area contributed by atoms with Crippen molar-refractivity contribution >= 4 is 5.97 Å². The van der Waals surface area contributed by atoms with Crippen LogP contribution in [0.1, 0.15) is 47.5 Å². The largest absolute Gasteiger partial charge is 3.00 e. The molecule has 15 heavy (non-hydrogen) atoms. The molecule has 0 aliphatic heterocycles. The van der Waals surface area contributed by atoms with Crippen molar-refractivity contribution in [2.75, 3.05) is 0 Å². The van der Waals surface area contributed by atoms with Crippen LogP contribution in [0.4, 0.5) is 0 Å². The van der Waals surface area contributed by atoms with E-state index in [-0.39, 0.29) is 28.1 Å². The van der Waals surface area contributed by atoms with Crippen LogP contribution in [0.3, 0.4) is 0 Å². The first-order valence-corrected chi connectivity index (χ1v) is 4.75. The molecule has 89 valence electrons. The van der Waals surface area contributed by atoms with Gasteiger partial charge in [-0.3, -0.25) is 0 Å². The second kappa shape index (κ2) is 19.6. The minimum Gasteiger partial charge on any atom is -0.852 e. The van der Waals surface area contributed by atoms with Crippen LogP contribution >= 0.6 is 0 Å². The van der Waals surface area contributed by atoms with Gasteiger partial charge in [-0.25, -0.2) is 0 Å². The minimum absolute atomic E-state index is 0. The van der Waals surface area contributed by atoms with Crippen molar-refractivity contribution in [1.29, 1.82) is 0 Å². The zero-order valence-corrected chi connectivity index (χ0v) is 11.8. The van der Waals surface area contributed by atoms with Gasteiger partial charge in [0.05, 0.1) is 0 Å². The van der Waals surface area contributed by atoms with E-state index in [1.807, 2.05) is 0 Å². The molecular weight excluding hydrogens is 232 g/mol. The standard InChI is InChI=1S/C4H8O2.2C3H7O.Ti/c1-2-3-4(5)6;2*1-3(2)4;/h2-3H2,1H3,(H,5,6);2*3H,1-2H3;/q;2*-1;+3/p-1. The van der Waals surface area contributed by atoms with Crippen LogP contribution in [0.5, 0.6) is 0 Å². The first kappa shape index (κ1) is 24.4. The first-order valence-electron chi connectivity index (χ1n) is 4.75. The zero-order valence-electron chi connectivity index (χ0n) is 10.2. The topological polar surface area (TPSA) is 86.2 Å². The average molecular weight is 253 g/mol. The van der Waals surface area contributed by atoms with E-state index < -0.39 is 18.2 Å². The molecule has 0 N–H and O–H groups in total. The molecule has 0 aromatic heterocycles. The molecule has 4 nitrogen and oxygen atoms in total. The van der Waals surface area contributed by atoms with Gasteiger partial charge < -0.3 is 20.1 Å². The number of carboxylic acid groups (broad SMARTS) is 1. The average Bonchev–Trinajstić information content (AvgIpc) is 1.82. The molecule has 0 spiro atoms. The summed E-state index contributed by atoms with van der Waals surface area (Å²) in [6, 6.07) is 0. The van der Waals surface area contributed by atoms with Gasteiger partial charge in [-0.1, -0.05) is 41.0 Å². The van der Waals surface area contributed by atoms with Crippen LogP contribution < -0.4 is 15.3 Å². The predicted molar refractivity (Wildman–Crippen MR) is 50.2 cm³/mol. The minimum atomic E-state index is -0.961. The summed E-state index contributed by atoms with van der Waals surface area (Å²) in [4.78, 5) is 9.49. The molecule has 0 saturated heterocycles. The Labute approximate surface area is 108 Å². The summed E-state index contributed by atoms with van der Waals surface area (Å²) in [6.45, 7) is 8.25. The molecule has 0 aromatic carbocycles. The van der Waals surface area contributed by atoms with Gasteiger partial charge in [-0.2, -0.15) is 0 Å². The molecule has 0 atom stereocenters. The fraction of sp³-hybridized carbons (Fsp3) is 0.900. The van der Waals surface area contributed by atoms with Gasteiger partial charge in [0, 0.05) is 5.97 Å². The predicted octanol–water partition coefficient (Wildman–Crippen LogP) is -0.956. The summed E-state index contributed by atoms with van der Waals surface area (Å²) in [5, 5.41) is 28.5. The molecule has 0 saturated carbocycles. The van der Waals surface area contributed by atoms with Crippen LogP contribution in [-0.2, 0) is 26.5 Å². The zero-order chi connectivity index (χ0) is 12.1. The molecular formula is C10H21O4Ti. The molecule has 0 aliphatic rings. The molecule has 0 aliphatic carbocycles. The second-order valence-corrected chi connectivity index (χ2v) is 3.22. The molecule has 0 bridgehead atoms. The maximum atomic E-state index is 9.53. The number of aliphatic carboxylic acids is 1. The SMILES string of the molecule is CC(C)[O-].CC(C)[O-].CCCC(=O)[O-].[Ti+3]. The summed E-state index contributed by atoms with van der Waals surface area (Å²) >= 11 is 0. The maximum absolute atomic E-state index is 9.53. The van der Waals surface area contributed by atoms with Gasteiger partial charge >= 0.3 is 21.7 Å². The third-order valence-electron chi connectivity index (χ3n) is 0.454. The summed E-state index contributed by atoms with van der Waals surface area (Å²) in [7, 11) is 0.